The first kappa shape index (κ1) is 9.04. The number of hydrogen-bond donors (Lipinski definition) is 1. The molecule has 0 atom stereocenters. The van der Waals surface area contributed by atoms with E-state index < -0.39 is 5.97 Å². The van der Waals surface area contributed by atoms with Gasteiger partial charge in [0.25, 0.3) is 5.97 Å². The van der Waals surface area contributed by atoms with E-state index in [0.717, 1.165) is 6.92 Å². The van der Waals surface area contributed by atoms with Crippen molar-refractivity contribution < 1.29 is 9.90 Å². The van der Waals surface area contributed by atoms with Crippen molar-refractivity contribution in [3.63, 3.8) is 0 Å². The number of carboxylic acids is 1. The zero-order valence-electron chi connectivity index (χ0n) is 2.93. The van der Waals surface area contributed by atoms with Crippen LogP contribution in [0.5, 0.6) is 0 Å². The van der Waals surface area contributed by atoms with E-state index in [-0.39, 0.29) is 27.3 Å². The molecule has 3 heteroatoms. The average molecular weight is 264 g/mol. The van der Waals surface area contributed by atoms with Gasteiger partial charge >= 0.3 is 0 Å². The van der Waals surface area contributed by atoms with Gasteiger partial charge in [-0.3, -0.25) is 4.79 Å². The summed E-state index contributed by atoms with van der Waals surface area (Å²) in [7, 11) is 0. The number of hydrogen-bond acceptors (Lipinski definition) is 1. The molecule has 0 aromatic heterocycles. The maximum absolute atomic E-state index is 9.00. The van der Waals surface area contributed by atoms with Crippen LogP contribution in [0.1, 0.15) is 6.92 Å². The predicted octanol–water partition coefficient (Wildman–Crippen LogP) is -0.290. The molecule has 0 aliphatic rings. The Labute approximate surface area is 50.3 Å². The van der Waals surface area contributed by atoms with Crippen LogP contribution in [-0.4, -0.2) is 38.4 Å². The van der Waals surface area contributed by atoms with Crippen molar-refractivity contribution in [1.29, 1.82) is 0 Å². The van der Waals surface area contributed by atoms with Gasteiger partial charge in [0.15, 0.2) is 0 Å². The largest absolute Gasteiger partial charge is 0.481 e. The molecule has 0 heterocycles. The molecule has 0 aliphatic heterocycles. The Kier molecular flexibility index (Phi) is 7.94. The molecule has 0 saturated carbocycles. The van der Waals surface area contributed by atoms with Gasteiger partial charge in [-0.2, -0.15) is 0 Å². The maximum Gasteiger partial charge on any atom is 0.300 e. The van der Waals surface area contributed by atoms with Crippen LogP contribution < -0.4 is 0 Å². The second-order valence-corrected chi connectivity index (χ2v) is 0.519. The Morgan fingerprint density at radius 3 is 1.80 bits per heavy atom. The van der Waals surface area contributed by atoms with Crippen molar-refractivity contribution in [2.24, 2.45) is 0 Å². The fourth-order valence-electron chi connectivity index (χ4n) is 0. The summed E-state index contributed by atoms with van der Waals surface area (Å²) in [6.07, 6.45) is 0. The third kappa shape index (κ3) is 163. The molecule has 2 nitrogen and oxygen atoms in total. The van der Waals surface area contributed by atoms with Crippen LogP contribution in [0.3, 0.4) is 0 Å². The van der Waals surface area contributed by atoms with Gasteiger partial charge in [0.1, 0.15) is 0 Å². The quantitative estimate of drug-likeness (QED) is 0.611. The van der Waals surface area contributed by atoms with E-state index in [2.05, 4.69) is 0 Å². The van der Waals surface area contributed by atoms with Crippen molar-refractivity contribution in [2.45, 2.75) is 6.92 Å². The van der Waals surface area contributed by atoms with Crippen LogP contribution in [-0.2, 0) is 4.79 Å². The van der Waals surface area contributed by atoms with Crippen LogP contribution in [0.4, 0.5) is 0 Å². The third-order valence-electron chi connectivity index (χ3n) is 0. The molecule has 0 aromatic carbocycles. The summed E-state index contributed by atoms with van der Waals surface area (Å²) < 4.78 is 0. The third-order valence-corrected chi connectivity index (χ3v) is 0. The first-order valence-corrected chi connectivity index (χ1v) is 0.928. The molecule has 0 aromatic rings. The molecular weight excluding hydrogens is 260 g/mol. The summed E-state index contributed by atoms with van der Waals surface area (Å²) in [5.41, 5.74) is 0. The SMILES string of the molecule is CC(=O)O.[Tl]. The molecule has 27 valence electrons. The molecule has 0 rings (SSSR count). The second kappa shape index (κ2) is 4.39. The van der Waals surface area contributed by atoms with Gasteiger partial charge in [-0.05, 0) is 0 Å². The predicted molar refractivity (Wildman–Crippen MR) is 19.1 cm³/mol. The summed E-state index contributed by atoms with van der Waals surface area (Å²) in [5.74, 6) is -0.833. The van der Waals surface area contributed by atoms with Gasteiger partial charge < -0.3 is 5.11 Å². The molecule has 5 heavy (non-hydrogen) atoms. The van der Waals surface area contributed by atoms with Crippen molar-refractivity contribution in [3.8, 4) is 0 Å². The van der Waals surface area contributed by atoms with Gasteiger partial charge in [0.2, 0.25) is 0 Å². The minimum absolute atomic E-state index is 0. The zero-order chi connectivity index (χ0) is 3.58. The van der Waals surface area contributed by atoms with Gasteiger partial charge in [0, 0.05) is 34.2 Å². The summed E-state index contributed by atoms with van der Waals surface area (Å²) >= 11 is 0. The van der Waals surface area contributed by atoms with Gasteiger partial charge in [-0.25, -0.2) is 0 Å². The van der Waals surface area contributed by atoms with E-state index >= 15 is 0 Å². The van der Waals surface area contributed by atoms with Crippen molar-refractivity contribution in [2.75, 3.05) is 0 Å². The number of carbonyl (C=O) groups is 1. The summed E-state index contributed by atoms with van der Waals surface area (Å²) in [6, 6.07) is 0. The topological polar surface area (TPSA) is 37.3 Å². The first-order chi connectivity index (χ1) is 1.73. The second-order valence-electron chi connectivity index (χ2n) is 0.519. The van der Waals surface area contributed by atoms with E-state index in [0.29, 0.717) is 0 Å². The fourth-order valence-corrected chi connectivity index (χ4v) is 0. The molecule has 0 bridgehead atoms. The molecule has 1 N–H and O–H groups in total. The van der Waals surface area contributed by atoms with E-state index in [1.165, 1.54) is 0 Å². The van der Waals surface area contributed by atoms with Crippen LogP contribution in [0.25, 0.3) is 0 Å². The Hall–Kier alpha value is 0.392. The molecule has 0 saturated heterocycles. The number of aliphatic carboxylic acids is 1. The first-order valence-electron chi connectivity index (χ1n) is 0.928. The summed E-state index contributed by atoms with van der Waals surface area (Å²) in [4.78, 5) is 9.00. The molecule has 0 fully saturated rings. The minimum Gasteiger partial charge on any atom is -0.481 e. The molecule has 1 radical (unpaired) electrons. The van der Waals surface area contributed by atoms with E-state index in [1.54, 1.807) is 0 Å². The Morgan fingerprint density at radius 2 is 1.80 bits per heavy atom. The van der Waals surface area contributed by atoms with Crippen LogP contribution in [0.15, 0.2) is 0 Å². The summed E-state index contributed by atoms with van der Waals surface area (Å²) in [5, 5.41) is 7.42. The maximum atomic E-state index is 9.00. The van der Waals surface area contributed by atoms with E-state index in [1.807, 2.05) is 0 Å². The monoisotopic (exact) mass is 265 g/mol. The van der Waals surface area contributed by atoms with Crippen molar-refractivity contribution in [1.82, 2.24) is 0 Å². The Balaban J connectivity index is 0. The number of rotatable bonds is 0. The van der Waals surface area contributed by atoms with E-state index in [4.69, 9.17) is 9.90 Å². The summed E-state index contributed by atoms with van der Waals surface area (Å²) in [6.45, 7) is 1.08. The van der Waals surface area contributed by atoms with Crippen molar-refractivity contribution >= 4 is 33.3 Å². The minimum atomic E-state index is -0.833. The van der Waals surface area contributed by atoms with Gasteiger partial charge in [-0.15, -0.1) is 0 Å². The molecule has 0 aliphatic carbocycles. The standard InChI is InChI=1S/C2H4O2.Tl/c1-2(3)4;/h1H3,(H,3,4);. The molecule has 0 spiro atoms. The van der Waals surface area contributed by atoms with Crippen LogP contribution >= 0.6 is 0 Å². The molecule has 0 amide bonds. The van der Waals surface area contributed by atoms with Crippen molar-refractivity contribution in [3.05, 3.63) is 0 Å². The fraction of sp³-hybridized carbons (Fsp3) is 0.500. The average Bonchev–Trinajstić information content (AvgIpc) is 0.811. The zero-order valence-corrected chi connectivity index (χ0v) is 7.42. The Morgan fingerprint density at radius 1 is 1.80 bits per heavy atom. The van der Waals surface area contributed by atoms with Crippen LogP contribution in [0, 0.1) is 0 Å². The van der Waals surface area contributed by atoms with E-state index in [9.17, 15) is 0 Å². The molecular formula is C2H4O2Tl. The smallest absolute Gasteiger partial charge is 0.300 e. The van der Waals surface area contributed by atoms with Crippen LogP contribution in [0.2, 0.25) is 0 Å². The number of carboxylic acid groups (broad SMARTS) is 1. The van der Waals surface area contributed by atoms with Gasteiger partial charge in [0.05, 0.1) is 0 Å². The van der Waals surface area contributed by atoms with Gasteiger partial charge in [-0.1, -0.05) is 0 Å². The normalized spacial score (nSPS) is 5.00. The Bertz CT molecular complexity index is 30.6. The molecule has 0 unspecified atom stereocenters.